The van der Waals surface area contributed by atoms with E-state index in [1.807, 2.05) is 36.4 Å². The number of carbonyl (C=O) groups is 1. The molecule has 3 aromatic rings. The van der Waals surface area contributed by atoms with E-state index in [2.05, 4.69) is 20.2 Å². The number of nitrogens with zero attached hydrogens (tertiary/aromatic N) is 3. The van der Waals surface area contributed by atoms with E-state index >= 15 is 0 Å². The van der Waals surface area contributed by atoms with Crippen LogP contribution < -0.4 is 10.2 Å². The van der Waals surface area contributed by atoms with Crippen molar-refractivity contribution in [2.75, 3.05) is 23.3 Å². The molecule has 2 heterocycles. The van der Waals surface area contributed by atoms with Crippen LogP contribution in [-0.2, 0) is 4.79 Å². The maximum Gasteiger partial charge on any atom is 0.231 e. The van der Waals surface area contributed by atoms with Crippen LogP contribution in [0.5, 0.6) is 0 Å². The first-order valence-electron chi connectivity index (χ1n) is 8.48. The normalized spacial score (nSPS) is 13.9. The molecule has 1 N–H and O–H groups in total. The van der Waals surface area contributed by atoms with Gasteiger partial charge in [0.1, 0.15) is 12.1 Å². The number of benzene rings is 2. The van der Waals surface area contributed by atoms with Crippen molar-refractivity contribution in [1.82, 2.24) is 9.97 Å². The van der Waals surface area contributed by atoms with Crippen molar-refractivity contribution in [3.63, 3.8) is 0 Å². The van der Waals surface area contributed by atoms with Crippen LogP contribution in [-0.4, -0.2) is 29.0 Å². The molecule has 4 rings (SSSR count). The van der Waals surface area contributed by atoms with E-state index in [0.29, 0.717) is 28.8 Å². The smallest absolute Gasteiger partial charge is 0.231 e. The molecule has 0 spiro atoms. The van der Waals surface area contributed by atoms with E-state index in [0.717, 1.165) is 17.1 Å². The summed E-state index contributed by atoms with van der Waals surface area (Å²) in [6.45, 7) is 1.20. The van der Waals surface area contributed by atoms with Gasteiger partial charge in [0.05, 0.1) is 22.3 Å². The van der Waals surface area contributed by atoms with Crippen LogP contribution in [0.25, 0.3) is 11.3 Å². The Bertz CT molecular complexity index is 975. The minimum atomic E-state index is -0.119. The monoisotopic (exact) mass is 398 g/mol. The first-order chi connectivity index (χ1) is 13.1. The molecular weight excluding hydrogens is 383 g/mol. The van der Waals surface area contributed by atoms with Crippen LogP contribution >= 0.6 is 23.2 Å². The molecule has 0 bridgehead atoms. The third-order valence-corrected chi connectivity index (χ3v) is 5.04. The molecule has 1 aliphatic heterocycles. The van der Waals surface area contributed by atoms with Gasteiger partial charge in [0.2, 0.25) is 5.91 Å². The number of rotatable bonds is 4. The van der Waals surface area contributed by atoms with E-state index < -0.39 is 0 Å². The molecule has 1 amide bonds. The highest BCUT2D eigenvalue weighted by molar-refractivity contribution is 6.36. The minimum absolute atomic E-state index is 0.0622. The van der Waals surface area contributed by atoms with Crippen LogP contribution in [0, 0.1) is 5.92 Å². The summed E-state index contributed by atoms with van der Waals surface area (Å²) in [5, 5.41) is 3.82. The van der Waals surface area contributed by atoms with E-state index in [1.165, 1.54) is 0 Å². The van der Waals surface area contributed by atoms with Crippen molar-refractivity contribution in [3.8, 4) is 11.3 Å². The summed E-state index contributed by atoms with van der Waals surface area (Å²) in [4.78, 5) is 23.2. The van der Waals surface area contributed by atoms with E-state index in [-0.39, 0.29) is 11.8 Å². The quantitative estimate of drug-likeness (QED) is 0.701. The average molecular weight is 399 g/mol. The fraction of sp³-hybridized carbons (Fsp3) is 0.150. The largest absolute Gasteiger partial charge is 0.355 e. The lowest BCUT2D eigenvalue weighted by Crippen LogP contribution is -2.52. The molecule has 0 unspecified atom stereocenters. The van der Waals surface area contributed by atoms with Crippen molar-refractivity contribution >= 4 is 40.6 Å². The standard InChI is InChI=1S/C20H16Cl2N4O/c21-15-6-7-17(16(22)8-15)25-20(27)14-10-26(11-14)19-9-18(23-12-24-19)13-4-2-1-3-5-13/h1-9,12,14H,10-11H2,(H,25,27). The Kier molecular flexibility index (Phi) is 4.97. The van der Waals surface area contributed by atoms with Gasteiger partial charge in [-0.05, 0) is 18.2 Å². The van der Waals surface area contributed by atoms with Crippen molar-refractivity contribution in [2.45, 2.75) is 0 Å². The zero-order valence-corrected chi connectivity index (χ0v) is 15.8. The second kappa shape index (κ2) is 7.55. The van der Waals surface area contributed by atoms with Crippen molar-refractivity contribution in [1.29, 1.82) is 0 Å². The van der Waals surface area contributed by atoms with Crippen LogP contribution in [0.1, 0.15) is 0 Å². The lowest BCUT2D eigenvalue weighted by atomic mass is 9.99. The summed E-state index contributed by atoms with van der Waals surface area (Å²) in [7, 11) is 0. The highest BCUT2D eigenvalue weighted by Gasteiger charge is 2.34. The Hall–Kier alpha value is -2.63. The first-order valence-corrected chi connectivity index (χ1v) is 9.24. The highest BCUT2D eigenvalue weighted by Crippen LogP contribution is 2.29. The van der Waals surface area contributed by atoms with Gasteiger partial charge in [0, 0.05) is 29.7 Å². The number of hydrogen-bond acceptors (Lipinski definition) is 4. The molecule has 0 aliphatic carbocycles. The average Bonchev–Trinajstić information content (AvgIpc) is 2.64. The van der Waals surface area contributed by atoms with E-state index in [9.17, 15) is 4.79 Å². The Morgan fingerprint density at radius 1 is 1.04 bits per heavy atom. The van der Waals surface area contributed by atoms with Gasteiger partial charge in [0.25, 0.3) is 0 Å². The predicted octanol–water partition coefficient (Wildman–Crippen LogP) is 4.53. The molecule has 1 aromatic heterocycles. The first kappa shape index (κ1) is 17.8. The maximum absolute atomic E-state index is 12.4. The molecule has 27 heavy (non-hydrogen) atoms. The van der Waals surface area contributed by atoms with Gasteiger partial charge >= 0.3 is 0 Å². The van der Waals surface area contributed by atoms with Crippen LogP contribution in [0.4, 0.5) is 11.5 Å². The predicted molar refractivity (Wildman–Crippen MR) is 108 cm³/mol. The Labute approximate surface area is 167 Å². The molecule has 0 radical (unpaired) electrons. The van der Waals surface area contributed by atoms with Gasteiger partial charge in [-0.3, -0.25) is 4.79 Å². The summed E-state index contributed by atoms with van der Waals surface area (Å²) in [5.41, 5.74) is 2.47. The van der Waals surface area contributed by atoms with Crippen molar-refractivity contribution < 1.29 is 4.79 Å². The number of anilines is 2. The minimum Gasteiger partial charge on any atom is -0.355 e. The third-order valence-electron chi connectivity index (χ3n) is 4.49. The molecule has 2 aromatic carbocycles. The summed E-state index contributed by atoms with van der Waals surface area (Å²) in [5.74, 6) is 0.636. The molecule has 136 valence electrons. The number of aromatic nitrogens is 2. The summed E-state index contributed by atoms with van der Waals surface area (Å²) < 4.78 is 0. The van der Waals surface area contributed by atoms with Gasteiger partial charge in [-0.25, -0.2) is 9.97 Å². The zero-order chi connectivity index (χ0) is 18.8. The van der Waals surface area contributed by atoms with Crippen LogP contribution in [0.15, 0.2) is 60.9 Å². The number of hydrogen-bond donors (Lipinski definition) is 1. The third kappa shape index (κ3) is 3.89. The number of nitrogens with one attached hydrogen (secondary N) is 1. The molecule has 7 heteroatoms. The number of amides is 1. The second-order valence-electron chi connectivity index (χ2n) is 6.34. The second-order valence-corrected chi connectivity index (χ2v) is 7.19. The van der Waals surface area contributed by atoms with E-state index in [1.54, 1.807) is 24.5 Å². The topological polar surface area (TPSA) is 58.1 Å². The zero-order valence-electron chi connectivity index (χ0n) is 14.3. The van der Waals surface area contributed by atoms with Gasteiger partial charge < -0.3 is 10.2 Å². The fourth-order valence-corrected chi connectivity index (χ4v) is 3.40. The lowest BCUT2D eigenvalue weighted by Gasteiger charge is -2.39. The maximum atomic E-state index is 12.4. The summed E-state index contributed by atoms with van der Waals surface area (Å²) in [6.07, 6.45) is 1.55. The molecule has 0 saturated carbocycles. The van der Waals surface area contributed by atoms with Crippen LogP contribution in [0.3, 0.4) is 0 Å². The van der Waals surface area contributed by atoms with Crippen molar-refractivity contribution in [3.05, 3.63) is 71.0 Å². The molecule has 0 atom stereocenters. The van der Waals surface area contributed by atoms with E-state index in [4.69, 9.17) is 23.2 Å². The van der Waals surface area contributed by atoms with Crippen LogP contribution in [0.2, 0.25) is 10.0 Å². The Balaban J connectivity index is 1.40. The van der Waals surface area contributed by atoms with Gasteiger partial charge in [0.15, 0.2) is 0 Å². The lowest BCUT2D eigenvalue weighted by molar-refractivity contribution is -0.120. The van der Waals surface area contributed by atoms with Gasteiger partial charge in [-0.1, -0.05) is 53.5 Å². The Morgan fingerprint density at radius 2 is 1.81 bits per heavy atom. The highest BCUT2D eigenvalue weighted by atomic mass is 35.5. The summed E-state index contributed by atoms with van der Waals surface area (Å²) in [6, 6.07) is 16.9. The SMILES string of the molecule is O=C(Nc1ccc(Cl)cc1Cl)C1CN(c2cc(-c3ccccc3)ncn2)C1. The fourth-order valence-electron chi connectivity index (χ4n) is 2.94. The summed E-state index contributed by atoms with van der Waals surface area (Å²) >= 11 is 12.0. The van der Waals surface area contributed by atoms with Crippen molar-refractivity contribution in [2.24, 2.45) is 5.92 Å². The molecule has 1 saturated heterocycles. The molecule has 1 fully saturated rings. The molecule has 1 aliphatic rings. The molecular formula is C20H16Cl2N4O. The Morgan fingerprint density at radius 3 is 2.56 bits per heavy atom. The molecule has 5 nitrogen and oxygen atoms in total. The number of carbonyl (C=O) groups excluding carboxylic acids is 1. The van der Waals surface area contributed by atoms with Gasteiger partial charge in [-0.2, -0.15) is 0 Å². The number of halogens is 2. The van der Waals surface area contributed by atoms with Gasteiger partial charge in [-0.15, -0.1) is 0 Å².